The molecule has 0 unspecified atom stereocenters. The first-order valence-corrected chi connectivity index (χ1v) is 10.4. The number of amides is 1. The van der Waals surface area contributed by atoms with Gasteiger partial charge in [-0.25, -0.2) is 13.1 Å². The van der Waals surface area contributed by atoms with Crippen molar-refractivity contribution in [2.45, 2.75) is 18.2 Å². The number of hydrogen-bond donors (Lipinski definition) is 2. The van der Waals surface area contributed by atoms with Gasteiger partial charge in [-0.1, -0.05) is 42.5 Å². The predicted molar refractivity (Wildman–Crippen MR) is 106 cm³/mol. The normalized spacial score (nSPS) is 11.9. The fraction of sp³-hybridized carbons (Fsp3) is 0.250. The van der Waals surface area contributed by atoms with Gasteiger partial charge in [-0.2, -0.15) is 5.26 Å². The van der Waals surface area contributed by atoms with E-state index in [2.05, 4.69) is 14.8 Å². The van der Waals surface area contributed by atoms with E-state index in [1.165, 1.54) is 7.11 Å². The molecule has 9 heteroatoms. The van der Waals surface area contributed by atoms with Crippen LogP contribution in [0.3, 0.4) is 0 Å². The van der Waals surface area contributed by atoms with Gasteiger partial charge in [0.2, 0.25) is 15.9 Å². The first-order valence-electron chi connectivity index (χ1n) is 8.70. The monoisotopic (exact) mass is 415 g/mol. The summed E-state index contributed by atoms with van der Waals surface area (Å²) >= 11 is 0. The van der Waals surface area contributed by atoms with Gasteiger partial charge in [0.05, 0.1) is 24.5 Å². The third kappa shape index (κ3) is 7.37. The number of benzene rings is 2. The molecule has 0 heterocycles. The van der Waals surface area contributed by atoms with Crippen LogP contribution in [0, 0.1) is 11.3 Å². The topological polar surface area (TPSA) is 125 Å². The van der Waals surface area contributed by atoms with Crippen molar-refractivity contribution in [2.24, 2.45) is 0 Å². The van der Waals surface area contributed by atoms with Gasteiger partial charge in [0.15, 0.2) is 0 Å². The molecular weight excluding hydrogens is 394 g/mol. The lowest BCUT2D eigenvalue weighted by Gasteiger charge is -2.18. The summed E-state index contributed by atoms with van der Waals surface area (Å²) in [7, 11) is -2.65. The Morgan fingerprint density at radius 2 is 1.72 bits per heavy atom. The zero-order valence-electron chi connectivity index (χ0n) is 15.8. The van der Waals surface area contributed by atoms with E-state index in [9.17, 15) is 18.0 Å². The minimum Gasteiger partial charge on any atom is -0.468 e. The number of carbonyl (C=O) groups is 2. The van der Waals surface area contributed by atoms with Crippen LogP contribution >= 0.6 is 0 Å². The van der Waals surface area contributed by atoms with Crippen LogP contribution in [0.5, 0.6) is 0 Å². The van der Waals surface area contributed by atoms with Crippen molar-refractivity contribution < 1.29 is 22.7 Å². The summed E-state index contributed by atoms with van der Waals surface area (Å²) in [5.74, 6) is -1.60. The summed E-state index contributed by atoms with van der Waals surface area (Å²) in [6.07, 6.45) is 0.0483. The molecule has 2 rings (SSSR count). The van der Waals surface area contributed by atoms with Crippen LogP contribution in [0.4, 0.5) is 0 Å². The first kappa shape index (κ1) is 22.1. The van der Waals surface area contributed by atoms with Crippen LogP contribution in [0.25, 0.3) is 0 Å². The zero-order valence-corrected chi connectivity index (χ0v) is 16.6. The van der Waals surface area contributed by atoms with Crippen molar-refractivity contribution in [3.05, 3.63) is 71.3 Å². The van der Waals surface area contributed by atoms with Gasteiger partial charge < -0.3 is 10.1 Å². The Labute approximate surface area is 169 Å². The lowest BCUT2D eigenvalue weighted by molar-refractivity contribution is -0.141. The average molecular weight is 415 g/mol. The minimum absolute atomic E-state index is 0.0483. The molecule has 0 aromatic heterocycles. The molecule has 152 valence electrons. The van der Waals surface area contributed by atoms with Crippen LogP contribution in [-0.2, 0) is 36.5 Å². The Balaban J connectivity index is 2.16. The molecular formula is C20H21N3O5S. The standard InChI is InChI=1S/C20H21N3O5S/c1-28-19(24)13-22-20(25)18(11-15-7-9-16(12-21)10-8-15)23-29(26,27)14-17-5-3-2-4-6-17/h2-10,18,23H,11,13-14H2,1H3,(H,22,25)/t18-/m1/s1. The Morgan fingerprint density at radius 3 is 2.31 bits per heavy atom. The zero-order chi connectivity index (χ0) is 21.3. The van der Waals surface area contributed by atoms with Crippen molar-refractivity contribution in [3.63, 3.8) is 0 Å². The molecule has 2 aromatic rings. The van der Waals surface area contributed by atoms with Crippen molar-refractivity contribution in [3.8, 4) is 6.07 Å². The summed E-state index contributed by atoms with van der Waals surface area (Å²) in [6, 6.07) is 15.9. The molecule has 0 fully saturated rings. The largest absolute Gasteiger partial charge is 0.468 e. The van der Waals surface area contributed by atoms with Gasteiger partial charge in [-0.3, -0.25) is 9.59 Å². The quantitative estimate of drug-likeness (QED) is 0.586. The second kappa shape index (κ2) is 10.4. The lowest BCUT2D eigenvalue weighted by atomic mass is 10.0. The van der Waals surface area contributed by atoms with Crippen LogP contribution < -0.4 is 10.0 Å². The van der Waals surface area contributed by atoms with Gasteiger partial charge in [-0.15, -0.1) is 0 Å². The molecule has 1 amide bonds. The van der Waals surface area contributed by atoms with Crippen molar-refractivity contribution >= 4 is 21.9 Å². The Hall–Kier alpha value is -3.22. The predicted octanol–water partition coefficient (Wildman–Crippen LogP) is 0.878. The number of rotatable bonds is 9. The van der Waals surface area contributed by atoms with E-state index in [4.69, 9.17) is 5.26 Å². The molecule has 8 nitrogen and oxygen atoms in total. The highest BCUT2D eigenvalue weighted by Crippen LogP contribution is 2.10. The Kier molecular flexibility index (Phi) is 7.88. The maximum Gasteiger partial charge on any atom is 0.325 e. The number of carbonyl (C=O) groups excluding carboxylic acids is 2. The van der Waals surface area contributed by atoms with Crippen LogP contribution in [0.2, 0.25) is 0 Å². The summed E-state index contributed by atoms with van der Waals surface area (Å²) in [4.78, 5) is 23.8. The number of nitriles is 1. The summed E-state index contributed by atoms with van der Waals surface area (Å²) < 4.78 is 32.0. The lowest BCUT2D eigenvalue weighted by Crippen LogP contribution is -2.49. The highest BCUT2D eigenvalue weighted by molar-refractivity contribution is 7.88. The number of sulfonamides is 1. The third-order valence-electron chi connectivity index (χ3n) is 4.00. The van der Waals surface area contributed by atoms with E-state index < -0.39 is 27.9 Å². The van der Waals surface area contributed by atoms with E-state index in [0.29, 0.717) is 16.7 Å². The average Bonchev–Trinajstić information content (AvgIpc) is 2.72. The van der Waals surface area contributed by atoms with E-state index >= 15 is 0 Å². The van der Waals surface area contributed by atoms with Gasteiger partial charge >= 0.3 is 5.97 Å². The molecule has 0 bridgehead atoms. The second-order valence-corrected chi connectivity index (χ2v) is 7.98. The molecule has 2 N–H and O–H groups in total. The van der Waals surface area contributed by atoms with Crippen molar-refractivity contribution in [2.75, 3.05) is 13.7 Å². The molecule has 29 heavy (non-hydrogen) atoms. The second-order valence-electron chi connectivity index (χ2n) is 6.22. The fourth-order valence-corrected chi connectivity index (χ4v) is 3.88. The molecule has 0 aliphatic rings. The minimum atomic E-state index is -3.84. The van der Waals surface area contributed by atoms with Crippen LogP contribution in [0.15, 0.2) is 54.6 Å². The molecule has 1 atom stereocenters. The Bertz CT molecular complexity index is 983. The van der Waals surface area contributed by atoms with E-state index in [-0.39, 0.29) is 18.7 Å². The summed E-state index contributed by atoms with van der Waals surface area (Å²) in [6.45, 7) is -0.375. The molecule has 0 aliphatic heterocycles. The van der Waals surface area contributed by atoms with Gasteiger partial charge in [-0.05, 0) is 29.7 Å². The molecule has 0 aliphatic carbocycles. The number of methoxy groups -OCH3 is 1. The van der Waals surface area contributed by atoms with E-state index in [1.807, 2.05) is 6.07 Å². The SMILES string of the molecule is COC(=O)CNC(=O)[C@@H](Cc1ccc(C#N)cc1)NS(=O)(=O)Cc1ccccc1. The molecule has 0 spiro atoms. The number of ether oxygens (including phenoxy) is 1. The van der Waals surface area contributed by atoms with E-state index in [1.54, 1.807) is 54.6 Å². The van der Waals surface area contributed by atoms with Crippen molar-refractivity contribution in [1.82, 2.24) is 10.0 Å². The van der Waals surface area contributed by atoms with Gasteiger partial charge in [0.25, 0.3) is 0 Å². The highest BCUT2D eigenvalue weighted by Gasteiger charge is 2.25. The van der Waals surface area contributed by atoms with Gasteiger partial charge in [0, 0.05) is 0 Å². The summed E-state index contributed by atoms with van der Waals surface area (Å²) in [5.41, 5.74) is 1.68. The van der Waals surface area contributed by atoms with Crippen LogP contribution in [-0.4, -0.2) is 40.0 Å². The number of nitrogens with zero attached hydrogens (tertiary/aromatic N) is 1. The smallest absolute Gasteiger partial charge is 0.325 e. The first-order chi connectivity index (χ1) is 13.8. The summed E-state index contributed by atoms with van der Waals surface area (Å²) in [5, 5.41) is 11.3. The Morgan fingerprint density at radius 1 is 1.07 bits per heavy atom. The van der Waals surface area contributed by atoms with Crippen LogP contribution in [0.1, 0.15) is 16.7 Å². The van der Waals surface area contributed by atoms with E-state index in [0.717, 1.165) is 0 Å². The van der Waals surface area contributed by atoms with Gasteiger partial charge in [0.1, 0.15) is 12.6 Å². The number of nitrogens with one attached hydrogen (secondary N) is 2. The molecule has 2 aromatic carbocycles. The van der Waals surface area contributed by atoms with Crippen molar-refractivity contribution in [1.29, 1.82) is 5.26 Å². The number of hydrogen-bond acceptors (Lipinski definition) is 6. The molecule has 0 saturated carbocycles. The fourth-order valence-electron chi connectivity index (χ4n) is 2.55. The molecule has 0 radical (unpaired) electrons. The third-order valence-corrected chi connectivity index (χ3v) is 5.35. The maximum atomic E-state index is 12.6. The maximum absolute atomic E-state index is 12.6. The highest BCUT2D eigenvalue weighted by atomic mass is 32.2. The number of esters is 1. The molecule has 0 saturated heterocycles.